The van der Waals surface area contributed by atoms with E-state index in [4.69, 9.17) is 53.5 Å². The number of furan rings is 1. The van der Waals surface area contributed by atoms with Gasteiger partial charge in [-0.25, -0.2) is 24.9 Å². The van der Waals surface area contributed by atoms with Gasteiger partial charge in [0.2, 0.25) is 17.8 Å². The maximum absolute atomic E-state index is 6.65. The minimum atomic E-state index is 0.567. The molecule has 15 heteroatoms. The first kappa shape index (κ1) is 71.3. The summed E-state index contributed by atoms with van der Waals surface area (Å²) in [6, 6.07) is 134. The van der Waals surface area contributed by atoms with Crippen LogP contribution in [0.2, 0.25) is 0 Å². The Bertz CT molecular complexity index is 8950. The predicted molar refractivity (Wildman–Crippen MR) is 518 cm³/mol. The largest absolute Gasteiger partial charge is 0.456 e. The number of hydrogen-bond donors (Lipinski definition) is 0. The molecule has 0 spiro atoms. The van der Waals surface area contributed by atoms with Gasteiger partial charge in [-0.1, -0.05) is 297 Å². The van der Waals surface area contributed by atoms with Gasteiger partial charge in [-0.05, 0) is 141 Å². The third kappa shape index (κ3) is 10.9. The molecule has 29 rings (SSSR count). The van der Waals surface area contributed by atoms with Crippen molar-refractivity contribution in [2.45, 2.75) is 0 Å². The number of para-hydroxylation sites is 1. The topological polar surface area (TPSA) is 146 Å². The molecule has 0 saturated carbocycles. The average molecular weight is 1660 g/mol. The molecule has 0 saturated heterocycles. The summed E-state index contributed by atoms with van der Waals surface area (Å²) in [5, 5.41) is 15.7. The van der Waals surface area contributed by atoms with Crippen molar-refractivity contribution in [1.29, 1.82) is 0 Å². The summed E-state index contributed by atoms with van der Waals surface area (Å²) < 4.78 is 35.1. The summed E-state index contributed by atoms with van der Waals surface area (Å²) in [7, 11) is 0. The van der Waals surface area contributed by atoms with Crippen molar-refractivity contribution in [3.05, 3.63) is 388 Å². The van der Waals surface area contributed by atoms with Crippen LogP contribution in [0.15, 0.2) is 393 Å². The van der Waals surface area contributed by atoms with E-state index in [1.807, 2.05) is 140 Å². The molecule has 0 aliphatic carbocycles. The maximum Gasteiger partial charge on any atom is 0.238 e. The van der Waals surface area contributed by atoms with Gasteiger partial charge in [0.05, 0.1) is 65.2 Å². The summed E-state index contributed by atoms with van der Waals surface area (Å²) in [6.45, 7) is 0. The molecule has 596 valence electrons. The fourth-order valence-electron chi connectivity index (χ4n) is 19.7. The molecule has 3 aliphatic rings. The number of thiophene rings is 1. The van der Waals surface area contributed by atoms with Crippen molar-refractivity contribution in [3.63, 3.8) is 0 Å². The number of rotatable bonds is 10. The molecule has 18 aromatic carbocycles. The number of benzene rings is 18. The Morgan fingerprint density at radius 1 is 0.227 bits per heavy atom. The number of ether oxygens (including phenoxy) is 3. The first-order chi connectivity index (χ1) is 63.5. The van der Waals surface area contributed by atoms with E-state index in [0.29, 0.717) is 35.1 Å². The highest BCUT2D eigenvalue weighted by Crippen LogP contribution is 2.56. The van der Waals surface area contributed by atoms with Gasteiger partial charge in [0.15, 0.2) is 17.2 Å². The number of aromatic nitrogens is 10. The molecule has 0 amide bonds. The lowest BCUT2D eigenvalue weighted by Gasteiger charge is -2.18. The molecule has 8 aromatic heterocycles. The van der Waals surface area contributed by atoms with Crippen molar-refractivity contribution >= 4 is 151 Å². The fraction of sp³-hybridized carbons (Fsp3) is 0. The monoisotopic (exact) mass is 1660 g/mol. The Balaban J connectivity index is 0.0000000993. The van der Waals surface area contributed by atoms with E-state index in [1.165, 1.54) is 10.1 Å². The highest BCUT2D eigenvalue weighted by atomic mass is 32.1. The van der Waals surface area contributed by atoms with Crippen LogP contribution in [-0.2, 0) is 0 Å². The summed E-state index contributed by atoms with van der Waals surface area (Å²) in [4.78, 5) is 36.3. The zero-order chi connectivity index (χ0) is 83.8. The van der Waals surface area contributed by atoms with Crippen molar-refractivity contribution in [2.75, 3.05) is 0 Å². The van der Waals surface area contributed by atoms with Gasteiger partial charge >= 0.3 is 0 Å². The Labute approximate surface area is 733 Å². The van der Waals surface area contributed by atoms with Crippen molar-refractivity contribution in [1.82, 2.24) is 48.6 Å². The van der Waals surface area contributed by atoms with E-state index in [0.717, 1.165) is 226 Å². The molecule has 14 nitrogen and oxygen atoms in total. The second-order valence-corrected chi connectivity index (χ2v) is 33.5. The Morgan fingerprint density at radius 3 is 1.19 bits per heavy atom. The first-order valence-electron chi connectivity index (χ1n) is 42.7. The molecule has 11 heterocycles. The van der Waals surface area contributed by atoms with Gasteiger partial charge in [0.1, 0.15) is 51.3 Å². The van der Waals surface area contributed by atoms with Crippen LogP contribution < -0.4 is 14.2 Å². The molecule has 0 atom stereocenters. The number of fused-ring (bicyclic) bond motifs is 6. The van der Waals surface area contributed by atoms with E-state index < -0.39 is 0 Å². The molecule has 0 bridgehead atoms. The second-order valence-electron chi connectivity index (χ2n) is 32.4. The van der Waals surface area contributed by atoms with Gasteiger partial charge in [0.25, 0.3) is 0 Å². The first-order valence-corrected chi connectivity index (χ1v) is 43.5. The molecular weight excluding hydrogens is 1590 g/mol. The van der Waals surface area contributed by atoms with Gasteiger partial charge in [-0.3, -0.25) is 13.7 Å². The number of hydrogen-bond acceptors (Lipinski definition) is 12. The summed E-state index contributed by atoms with van der Waals surface area (Å²) in [5.41, 5.74) is 21.8. The van der Waals surface area contributed by atoms with Crippen molar-refractivity contribution in [3.8, 4) is 131 Å². The summed E-state index contributed by atoms with van der Waals surface area (Å²) in [5.74, 6) is 8.20. The van der Waals surface area contributed by atoms with Gasteiger partial charge in [-0.15, -0.1) is 11.3 Å². The highest BCUT2D eigenvalue weighted by molar-refractivity contribution is 7.26. The minimum absolute atomic E-state index is 0.567. The van der Waals surface area contributed by atoms with Gasteiger partial charge < -0.3 is 18.6 Å². The number of nitrogens with zero attached hydrogens (tertiary/aromatic N) is 10. The molecule has 128 heavy (non-hydrogen) atoms. The summed E-state index contributed by atoms with van der Waals surface area (Å²) in [6.07, 6.45) is 0. The molecule has 0 unspecified atom stereocenters. The quantitative estimate of drug-likeness (QED) is 0.129. The average Bonchev–Trinajstić information content (AvgIpc) is 1.55. The van der Waals surface area contributed by atoms with E-state index >= 15 is 0 Å². The second kappa shape index (κ2) is 28.1. The lowest BCUT2D eigenvalue weighted by molar-refractivity contribution is 0.492. The normalized spacial score (nSPS) is 12.2. The van der Waals surface area contributed by atoms with Gasteiger partial charge in [0, 0.05) is 70.0 Å². The van der Waals surface area contributed by atoms with Crippen LogP contribution in [-0.4, -0.2) is 48.6 Å². The smallest absolute Gasteiger partial charge is 0.238 e. The predicted octanol–water partition coefficient (Wildman–Crippen LogP) is 29.8. The van der Waals surface area contributed by atoms with Crippen molar-refractivity contribution in [2.24, 2.45) is 0 Å². The van der Waals surface area contributed by atoms with Crippen LogP contribution in [0.25, 0.3) is 237 Å². The zero-order valence-electron chi connectivity index (χ0n) is 68.0. The molecule has 3 aliphatic heterocycles. The highest BCUT2D eigenvalue weighted by Gasteiger charge is 2.33. The Kier molecular flexibility index (Phi) is 15.7. The van der Waals surface area contributed by atoms with E-state index in [9.17, 15) is 0 Å². The van der Waals surface area contributed by atoms with Crippen LogP contribution in [0.1, 0.15) is 0 Å². The van der Waals surface area contributed by atoms with Gasteiger partial charge in [-0.2, -0.15) is 9.97 Å². The molecular formula is C113H64N10O4S. The lowest BCUT2D eigenvalue weighted by Crippen LogP contribution is -2.06. The van der Waals surface area contributed by atoms with Crippen LogP contribution in [0.4, 0.5) is 0 Å². The SMILES string of the molecule is c1ccc(-c2cc3c4c5c(cccc25)Oc2cccc(c24)n3-c2nc(-c3ccccc3)c3oc4ccccc4c3n2)cc1.c1ccc(-c2cc3c4c5c6c(cccc6ccc5n(-c5nc(-c6ccccc6)c6sc7ccccc7c6n5)c4c2)O3)cc1.c1ccc(-c2nc(-c3ccccc3)nc(-n3c4cccc5c4c4c6c(cccc6c(-c6ccccc6)cc43)O5)n2)cc1. The minimum Gasteiger partial charge on any atom is -0.456 e. The third-order valence-electron chi connectivity index (χ3n) is 25.2. The molecule has 0 fully saturated rings. The third-order valence-corrected chi connectivity index (χ3v) is 26.4. The van der Waals surface area contributed by atoms with E-state index in [-0.39, 0.29) is 0 Å². The molecule has 26 aromatic rings. The standard InChI is InChI=1S/C38H21N3O2.C38H21N3OS.C37H22N4O/c1-3-11-22(12-4-1)26-21-28-34-32-24(26)16-9-19-30(32)42-31-20-10-17-27(33(31)34)41(28)38-39-35(23-13-5-2-6-14-23)37-36(40-38)25-15-7-8-18-29(25)43-37;1-3-10-22(11-4-1)25-20-28-33-30(21-25)42-29-16-9-14-23-18-19-27(34(33)32(23)29)41(28)38-39-35(24-12-5-2-6-13-24)37-36(40-38)26-15-7-8-17-31(26)43-37;1-4-12-23(13-5-1)27-22-29-34-32-26(27)18-10-20-30(32)42-31-21-11-19-28(33(31)34)41(29)37-39-35(24-14-6-2-7-15-24)38-36(40-37)25-16-8-3-9-17-25/h2*1-21H;1-22H. The van der Waals surface area contributed by atoms with Crippen LogP contribution >= 0.6 is 11.3 Å². The molecule has 0 N–H and O–H groups in total. The fourth-order valence-corrected chi connectivity index (χ4v) is 20.8. The van der Waals surface area contributed by atoms with Crippen LogP contribution in [0, 0.1) is 0 Å². The van der Waals surface area contributed by atoms with E-state index in [1.54, 1.807) is 11.3 Å². The van der Waals surface area contributed by atoms with Crippen molar-refractivity contribution < 1.29 is 18.6 Å². The Morgan fingerprint density at radius 2 is 0.625 bits per heavy atom. The zero-order valence-corrected chi connectivity index (χ0v) is 68.8. The maximum atomic E-state index is 6.65. The molecule has 0 radical (unpaired) electrons. The van der Waals surface area contributed by atoms with Crippen LogP contribution in [0.3, 0.4) is 0 Å². The Hall–Kier alpha value is -17.3. The summed E-state index contributed by atoms with van der Waals surface area (Å²) >= 11 is 1.75. The lowest BCUT2D eigenvalue weighted by atomic mass is 9.93. The van der Waals surface area contributed by atoms with Crippen LogP contribution in [0.5, 0.6) is 34.5 Å². The van der Waals surface area contributed by atoms with E-state index in [2.05, 4.69) is 262 Å².